The molecule has 0 saturated heterocycles. The molecule has 94 valence electrons. The number of hydrogen-bond donors (Lipinski definition) is 3. The van der Waals surface area contributed by atoms with E-state index in [1.807, 2.05) is 0 Å². The zero-order valence-corrected chi connectivity index (χ0v) is 10.1. The molecule has 6 nitrogen and oxygen atoms in total. The lowest BCUT2D eigenvalue weighted by molar-refractivity contribution is 0.0911. The largest absolute Gasteiger partial charge is 0.387 e. The predicted octanol–water partition coefficient (Wildman–Crippen LogP) is 0.922. The Morgan fingerprint density at radius 2 is 2.17 bits per heavy atom. The molecule has 0 aliphatic carbocycles. The fourth-order valence-electron chi connectivity index (χ4n) is 1.39. The summed E-state index contributed by atoms with van der Waals surface area (Å²) in [5, 5.41) is 22.5. The molecule has 0 spiro atoms. The van der Waals surface area contributed by atoms with Crippen molar-refractivity contribution in [3.8, 4) is 0 Å². The Kier molecular flexibility index (Phi) is 3.91. The van der Waals surface area contributed by atoms with Crippen LogP contribution >= 0.6 is 11.6 Å². The molecule has 2 aromatic rings. The number of carbonyl (C=O) groups is 1. The molecular weight excluding hydrogens is 256 g/mol. The summed E-state index contributed by atoms with van der Waals surface area (Å²) in [6, 6.07) is 6.77. The summed E-state index contributed by atoms with van der Waals surface area (Å²) in [4.78, 5) is 11.5. The highest BCUT2D eigenvalue weighted by Gasteiger charge is 2.12. The maximum Gasteiger partial charge on any atom is 0.273 e. The van der Waals surface area contributed by atoms with Crippen LogP contribution < -0.4 is 5.32 Å². The van der Waals surface area contributed by atoms with Crippen molar-refractivity contribution in [2.75, 3.05) is 6.54 Å². The number of carbonyl (C=O) groups excluding carboxylic acids is 1. The number of H-pyrrole nitrogens is 1. The Bertz CT molecular complexity index is 512. The fourth-order valence-corrected chi connectivity index (χ4v) is 1.52. The minimum absolute atomic E-state index is 0.0906. The van der Waals surface area contributed by atoms with E-state index < -0.39 is 12.0 Å². The maximum atomic E-state index is 11.5. The van der Waals surface area contributed by atoms with Gasteiger partial charge >= 0.3 is 0 Å². The van der Waals surface area contributed by atoms with Gasteiger partial charge in [-0.15, -0.1) is 0 Å². The molecule has 1 atom stereocenters. The van der Waals surface area contributed by atoms with Crippen LogP contribution in [0.1, 0.15) is 22.2 Å². The average Bonchev–Trinajstić information content (AvgIpc) is 2.90. The summed E-state index contributed by atoms with van der Waals surface area (Å²) in [6.45, 7) is 0.0906. The molecule has 1 heterocycles. The molecule has 1 amide bonds. The zero-order valence-electron chi connectivity index (χ0n) is 9.30. The van der Waals surface area contributed by atoms with Crippen LogP contribution in [-0.4, -0.2) is 33.0 Å². The molecule has 18 heavy (non-hydrogen) atoms. The highest BCUT2D eigenvalue weighted by Crippen LogP contribution is 2.15. The normalized spacial score (nSPS) is 12.1. The Morgan fingerprint density at radius 3 is 2.78 bits per heavy atom. The molecule has 0 aliphatic rings. The van der Waals surface area contributed by atoms with Crippen molar-refractivity contribution < 1.29 is 9.90 Å². The first-order valence-corrected chi connectivity index (χ1v) is 5.62. The van der Waals surface area contributed by atoms with E-state index in [4.69, 9.17) is 11.6 Å². The van der Waals surface area contributed by atoms with Gasteiger partial charge in [-0.25, -0.2) is 0 Å². The number of aliphatic hydroxyl groups excluding tert-OH is 1. The number of halogens is 1. The molecule has 1 unspecified atom stereocenters. The monoisotopic (exact) mass is 266 g/mol. The van der Waals surface area contributed by atoms with E-state index in [2.05, 4.69) is 20.7 Å². The standard InChI is InChI=1S/C11H11ClN4O2/c12-8-3-1-7(2-4-8)10(17)6-13-11(18)9-5-14-16-15-9/h1-5,10,17H,6H2,(H,13,18)(H,14,15,16). The van der Waals surface area contributed by atoms with Gasteiger partial charge in [-0.2, -0.15) is 15.4 Å². The van der Waals surface area contributed by atoms with Crippen molar-refractivity contribution in [3.63, 3.8) is 0 Å². The Balaban J connectivity index is 1.90. The molecule has 0 fully saturated rings. The maximum absolute atomic E-state index is 11.5. The van der Waals surface area contributed by atoms with Gasteiger partial charge in [-0.3, -0.25) is 4.79 Å². The van der Waals surface area contributed by atoms with Crippen molar-refractivity contribution in [2.24, 2.45) is 0 Å². The quantitative estimate of drug-likeness (QED) is 0.767. The number of rotatable bonds is 4. The van der Waals surface area contributed by atoms with E-state index >= 15 is 0 Å². The molecule has 7 heteroatoms. The number of amides is 1. The van der Waals surface area contributed by atoms with Crippen LogP contribution in [0.15, 0.2) is 30.5 Å². The second-order valence-corrected chi connectivity index (χ2v) is 4.07. The Labute approximate surface area is 108 Å². The van der Waals surface area contributed by atoms with Gasteiger partial charge in [0.2, 0.25) is 0 Å². The van der Waals surface area contributed by atoms with Crippen molar-refractivity contribution >= 4 is 17.5 Å². The summed E-state index contributed by atoms with van der Waals surface area (Å²) >= 11 is 5.74. The van der Waals surface area contributed by atoms with Crippen LogP contribution in [0.4, 0.5) is 0 Å². The molecule has 1 aromatic carbocycles. The molecule has 3 N–H and O–H groups in total. The second-order valence-electron chi connectivity index (χ2n) is 3.63. The van der Waals surface area contributed by atoms with Crippen molar-refractivity contribution in [1.82, 2.24) is 20.7 Å². The number of aliphatic hydroxyl groups is 1. The molecule has 1 aromatic heterocycles. The van der Waals surface area contributed by atoms with E-state index in [-0.39, 0.29) is 12.2 Å². The van der Waals surface area contributed by atoms with Gasteiger partial charge in [0.05, 0.1) is 12.3 Å². The second kappa shape index (κ2) is 5.61. The third kappa shape index (κ3) is 3.06. The van der Waals surface area contributed by atoms with E-state index in [1.54, 1.807) is 24.3 Å². The SMILES string of the molecule is O=C(NCC(O)c1ccc(Cl)cc1)c1cn[nH]n1. The number of nitrogens with one attached hydrogen (secondary N) is 2. The molecular formula is C11H11ClN4O2. The lowest BCUT2D eigenvalue weighted by Gasteiger charge is -2.11. The summed E-state index contributed by atoms with van der Waals surface area (Å²) in [5.74, 6) is -0.392. The summed E-state index contributed by atoms with van der Waals surface area (Å²) in [6.07, 6.45) is 0.516. The minimum Gasteiger partial charge on any atom is -0.387 e. The topological polar surface area (TPSA) is 90.9 Å². The first-order valence-electron chi connectivity index (χ1n) is 5.24. The van der Waals surface area contributed by atoms with Crippen molar-refractivity contribution in [1.29, 1.82) is 0 Å². The number of nitrogens with zero attached hydrogens (tertiary/aromatic N) is 2. The molecule has 2 rings (SSSR count). The van der Waals surface area contributed by atoms with E-state index in [9.17, 15) is 9.90 Å². The first-order chi connectivity index (χ1) is 8.66. The summed E-state index contributed by atoms with van der Waals surface area (Å²) in [7, 11) is 0. The van der Waals surface area contributed by atoms with E-state index in [0.29, 0.717) is 10.6 Å². The smallest absolute Gasteiger partial charge is 0.273 e. The molecule has 0 saturated carbocycles. The molecule has 0 bridgehead atoms. The predicted molar refractivity (Wildman–Crippen MR) is 65.1 cm³/mol. The average molecular weight is 267 g/mol. The number of hydrogen-bond acceptors (Lipinski definition) is 4. The highest BCUT2D eigenvalue weighted by molar-refractivity contribution is 6.30. The van der Waals surface area contributed by atoms with E-state index in [1.165, 1.54) is 6.20 Å². The van der Waals surface area contributed by atoms with Gasteiger partial charge in [-0.1, -0.05) is 23.7 Å². The lowest BCUT2D eigenvalue weighted by atomic mass is 10.1. The highest BCUT2D eigenvalue weighted by atomic mass is 35.5. The van der Waals surface area contributed by atoms with Gasteiger partial charge < -0.3 is 10.4 Å². The van der Waals surface area contributed by atoms with Crippen molar-refractivity contribution in [3.05, 3.63) is 46.7 Å². The van der Waals surface area contributed by atoms with Crippen molar-refractivity contribution in [2.45, 2.75) is 6.10 Å². The van der Waals surface area contributed by atoms with E-state index in [0.717, 1.165) is 0 Å². The first kappa shape index (κ1) is 12.5. The van der Waals surface area contributed by atoms with Crippen LogP contribution in [0.25, 0.3) is 0 Å². The van der Waals surface area contributed by atoms with Gasteiger partial charge in [0.15, 0.2) is 5.69 Å². The lowest BCUT2D eigenvalue weighted by Crippen LogP contribution is -2.28. The summed E-state index contributed by atoms with van der Waals surface area (Å²) < 4.78 is 0. The van der Waals surface area contributed by atoms with Gasteiger partial charge in [0.1, 0.15) is 0 Å². The van der Waals surface area contributed by atoms with Crippen LogP contribution in [0.2, 0.25) is 5.02 Å². The van der Waals surface area contributed by atoms with Gasteiger partial charge in [0, 0.05) is 11.6 Å². The number of aromatic amines is 1. The number of benzene rings is 1. The Hall–Kier alpha value is -1.92. The van der Waals surface area contributed by atoms with Crippen LogP contribution in [0, 0.1) is 0 Å². The zero-order chi connectivity index (χ0) is 13.0. The molecule has 0 aliphatic heterocycles. The van der Waals surface area contributed by atoms with Gasteiger partial charge in [-0.05, 0) is 17.7 Å². The molecule has 0 radical (unpaired) electrons. The fraction of sp³-hybridized carbons (Fsp3) is 0.182. The third-order valence-corrected chi connectivity index (χ3v) is 2.61. The summed E-state index contributed by atoms with van der Waals surface area (Å²) in [5.41, 5.74) is 0.859. The minimum atomic E-state index is -0.793. The Morgan fingerprint density at radius 1 is 1.44 bits per heavy atom. The van der Waals surface area contributed by atoms with Crippen LogP contribution in [0.3, 0.4) is 0 Å². The van der Waals surface area contributed by atoms with Crippen LogP contribution in [0.5, 0.6) is 0 Å². The third-order valence-electron chi connectivity index (χ3n) is 2.36. The van der Waals surface area contributed by atoms with Crippen LogP contribution in [-0.2, 0) is 0 Å². The van der Waals surface area contributed by atoms with Gasteiger partial charge in [0.25, 0.3) is 5.91 Å². The number of aromatic nitrogens is 3.